The molecule has 1 aliphatic rings. The van der Waals surface area contributed by atoms with Gasteiger partial charge in [0.1, 0.15) is 30.0 Å². The minimum Gasteiger partial charge on any atom is -0.394 e. The molecule has 0 aromatic carbocycles. The van der Waals surface area contributed by atoms with E-state index in [1.165, 1.54) is 24.0 Å². The zero-order chi connectivity index (χ0) is 17.8. The lowest BCUT2D eigenvalue weighted by molar-refractivity contribution is -0.0563. The van der Waals surface area contributed by atoms with Gasteiger partial charge < -0.3 is 29.8 Å². The van der Waals surface area contributed by atoms with Crippen molar-refractivity contribution in [3.63, 3.8) is 0 Å². The van der Waals surface area contributed by atoms with Crippen molar-refractivity contribution in [1.82, 2.24) is 24.7 Å². The van der Waals surface area contributed by atoms with Gasteiger partial charge in [0.2, 0.25) is 12.2 Å². The van der Waals surface area contributed by atoms with Crippen LogP contribution in [0.4, 0.5) is 10.2 Å². The molecular formula is C14H15FN6O4. The van der Waals surface area contributed by atoms with Crippen molar-refractivity contribution in [2.24, 2.45) is 0 Å². The van der Waals surface area contributed by atoms with Crippen LogP contribution in [0.1, 0.15) is 13.2 Å². The van der Waals surface area contributed by atoms with E-state index < -0.39 is 30.7 Å². The molecule has 0 saturated carbocycles. The number of rotatable bonds is 3. The third-order valence-corrected chi connectivity index (χ3v) is 4.39. The highest BCUT2D eigenvalue weighted by molar-refractivity contribution is 5.99. The molecule has 25 heavy (non-hydrogen) atoms. The van der Waals surface area contributed by atoms with Crippen molar-refractivity contribution in [3.05, 3.63) is 18.9 Å². The van der Waals surface area contributed by atoms with Gasteiger partial charge in [-0.05, 0) is 6.92 Å². The summed E-state index contributed by atoms with van der Waals surface area (Å²) in [5.41, 5.74) is 4.49. The Morgan fingerprint density at radius 2 is 2.20 bits per heavy atom. The quantitative estimate of drug-likeness (QED) is 0.596. The first-order valence-electron chi connectivity index (χ1n) is 7.46. The lowest BCUT2D eigenvalue weighted by Gasteiger charge is -2.25. The summed E-state index contributed by atoms with van der Waals surface area (Å²) in [6, 6.07) is 0. The van der Waals surface area contributed by atoms with E-state index in [1.807, 2.05) is 0 Å². The summed E-state index contributed by atoms with van der Waals surface area (Å²) < 4.78 is 26.8. The van der Waals surface area contributed by atoms with Gasteiger partial charge in [0.15, 0.2) is 11.9 Å². The molecule has 3 aromatic heterocycles. The van der Waals surface area contributed by atoms with E-state index in [0.29, 0.717) is 10.9 Å². The van der Waals surface area contributed by atoms with Crippen LogP contribution >= 0.6 is 0 Å². The molecule has 11 heteroatoms. The van der Waals surface area contributed by atoms with E-state index in [2.05, 4.69) is 20.1 Å². The topological polar surface area (TPSA) is 145 Å². The minimum absolute atomic E-state index is 0.154. The number of aromatic nitrogens is 5. The number of anilines is 1. The summed E-state index contributed by atoms with van der Waals surface area (Å²) in [4.78, 5) is 12.1. The Kier molecular flexibility index (Phi) is 3.45. The Hall–Kier alpha value is -2.63. The first-order valence-corrected chi connectivity index (χ1v) is 7.46. The number of aliphatic hydroxyl groups is 2. The highest BCUT2D eigenvalue weighted by atomic mass is 19.1. The zero-order valence-electron chi connectivity index (χ0n) is 13.1. The van der Waals surface area contributed by atoms with Crippen LogP contribution in [0.15, 0.2) is 23.4 Å². The highest BCUT2D eigenvalue weighted by Crippen LogP contribution is 2.44. The molecule has 0 aliphatic carbocycles. The number of nitrogen functional groups attached to an aromatic ring is 1. The molecule has 4 N–H and O–H groups in total. The predicted molar refractivity (Wildman–Crippen MR) is 81.7 cm³/mol. The van der Waals surface area contributed by atoms with Crippen LogP contribution in [0.25, 0.3) is 22.4 Å². The smallest absolute Gasteiger partial charge is 0.214 e. The third kappa shape index (κ3) is 2.20. The molecule has 4 atom stereocenters. The van der Waals surface area contributed by atoms with Gasteiger partial charge in [-0.25, -0.2) is 14.4 Å². The van der Waals surface area contributed by atoms with Crippen molar-refractivity contribution in [3.8, 4) is 11.4 Å². The summed E-state index contributed by atoms with van der Waals surface area (Å²) in [7, 11) is 0. The third-order valence-electron chi connectivity index (χ3n) is 4.39. The molecule has 0 bridgehead atoms. The monoisotopic (exact) mass is 350 g/mol. The molecule has 10 nitrogen and oxygen atoms in total. The summed E-state index contributed by atoms with van der Waals surface area (Å²) in [6.07, 6.45) is 0.0823. The SMILES string of the molecule is CC1(F)[C@H](O)[C@@H](CO)O[C@H]1n1cc(-c2ncon2)c2c(N)ncnc21. The molecule has 0 amide bonds. The standard InChI is InChI=1S/C14H15FN6O4/c1-14(15)9(23)7(3-22)25-13(14)21-2-6(11-19-5-24-20-11)8-10(16)17-4-18-12(8)21/h2,4-5,7,9,13,22-23H,3H2,1H3,(H2,16,17,18)/t7-,9-,13-,14?/m1/s1. The molecule has 4 rings (SSSR count). The molecule has 1 fully saturated rings. The minimum atomic E-state index is -2.17. The van der Waals surface area contributed by atoms with E-state index >= 15 is 4.39 Å². The van der Waals surface area contributed by atoms with Crippen LogP contribution < -0.4 is 5.73 Å². The number of halogens is 1. The molecule has 132 valence electrons. The fraction of sp³-hybridized carbons (Fsp3) is 0.429. The number of alkyl halides is 1. The van der Waals surface area contributed by atoms with Gasteiger partial charge in [0, 0.05) is 6.20 Å². The Morgan fingerprint density at radius 1 is 1.40 bits per heavy atom. The fourth-order valence-electron chi connectivity index (χ4n) is 3.11. The Morgan fingerprint density at radius 3 is 2.84 bits per heavy atom. The molecule has 3 aromatic rings. The van der Waals surface area contributed by atoms with Gasteiger partial charge in [-0.15, -0.1) is 0 Å². The van der Waals surface area contributed by atoms with Crippen molar-refractivity contribution in [2.75, 3.05) is 12.3 Å². The first-order chi connectivity index (χ1) is 11.9. The van der Waals surface area contributed by atoms with Gasteiger partial charge in [0.05, 0.1) is 17.6 Å². The van der Waals surface area contributed by atoms with Crippen LogP contribution in [-0.2, 0) is 4.74 Å². The van der Waals surface area contributed by atoms with Crippen LogP contribution in [0, 0.1) is 0 Å². The van der Waals surface area contributed by atoms with Gasteiger partial charge in [-0.1, -0.05) is 5.16 Å². The molecular weight excluding hydrogens is 335 g/mol. The van der Waals surface area contributed by atoms with E-state index in [9.17, 15) is 10.2 Å². The Balaban J connectivity index is 1.93. The normalized spacial score (nSPS) is 29.5. The number of aliphatic hydroxyl groups excluding tert-OH is 2. The molecule has 0 radical (unpaired) electrons. The number of nitrogens with zero attached hydrogens (tertiary/aromatic N) is 5. The zero-order valence-corrected chi connectivity index (χ0v) is 13.1. The van der Waals surface area contributed by atoms with Gasteiger partial charge in [-0.2, -0.15) is 4.98 Å². The second-order valence-corrected chi connectivity index (χ2v) is 5.97. The molecule has 0 spiro atoms. The van der Waals surface area contributed by atoms with E-state index in [-0.39, 0.29) is 17.3 Å². The predicted octanol–water partition coefficient (Wildman–Crippen LogP) is 0.0423. The maximum Gasteiger partial charge on any atom is 0.214 e. The summed E-state index contributed by atoms with van der Waals surface area (Å²) >= 11 is 0. The lowest BCUT2D eigenvalue weighted by atomic mass is 9.98. The molecule has 1 saturated heterocycles. The molecule has 1 unspecified atom stereocenters. The number of nitrogens with two attached hydrogens (primary N) is 1. The Labute approximate surface area is 140 Å². The number of fused-ring (bicyclic) bond motifs is 1. The average molecular weight is 350 g/mol. The van der Waals surface area contributed by atoms with E-state index in [4.69, 9.17) is 15.0 Å². The first kappa shape index (κ1) is 15.9. The number of hydrogen-bond donors (Lipinski definition) is 3. The second kappa shape index (κ2) is 5.44. The summed E-state index contributed by atoms with van der Waals surface area (Å²) in [5.74, 6) is 0.379. The van der Waals surface area contributed by atoms with Crippen molar-refractivity contribution >= 4 is 16.9 Å². The maximum atomic E-state index is 15.1. The Bertz CT molecular complexity index is 912. The van der Waals surface area contributed by atoms with E-state index in [0.717, 1.165) is 6.39 Å². The van der Waals surface area contributed by atoms with Crippen molar-refractivity contribution in [1.29, 1.82) is 0 Å². The highest BCUT2D eigenvalue weighted by Gasteiger charge is 2.55. The largest absolute Gasteiger partial charge is 0.394 e. The molecule has 4 heterocycles. The van der Waals surface area contributed by atoms with Gasteiger partial charge in [-0.3, -0.25) is 0 Å². The average Bonchev–Trinajstić information content (AvgIpc) is 3.27. The second-order valence-electron chi connectivity index (χ2n) is 5.97. The van der Waals surface area contributed by atoms with Gasteiger partial charge in [0.25, 0.3) is 0 Å². The van der Waals surface area contributed by atoms with E-state index in [1.54, 1.807) is 0 Å². The van der Waals surface area contributed by atoms with Crippen molar-refractivity contribution in [2.45, 2.75) is 31.0 Å². The number of hydrogen-bond acceptors (Lipinski definition) is 9. The lowest BCUT2D eigenvalue weighted by Crippen LogP contribution is -2.40. The maximum absolute atomic E-state index is 15.1. The van der Waals surface area contributed by atoms with Crippen molar-refractivity contribution < 1.29 is 23.9 Å². The van der Waals surface area contributed by atoms with Gasteiger partial charge >= 0.3 is 0 Å². The van der Waals surface area contributed by atoms with Crippen LogP contribution in [-0.4, -0.2) is 59.4 Å². The number of ether oxygens (including phenoxy) is 1. The fourth-order valence-corrected chi connectivity index (χ4v) is 3.11. The summed E-state index contributed by atoms with van der Waals surface area (Å²) in [5, 5.41) is 23.6. The van der Waals surface area contributed by atoms with Crippen LogP contribution in [0.2, 0.25) is 0 Å². The molecule has 1 aliphatic heterocycles. The summed E-state index contributed by atoms with van der Waals surface area (Å²) in [6.45, 7) is 0.674. The van der Waals surface area contributed by atoms with Crippen LogP contribution in [0.3, 0.4) is 0 Å². The van der Waals surface area contributed by atoms with Crippen LogP contribution in [0.5, 0.6) is 0 Å².